The molecule has 2 fully saturated rings. The van der Waals surface area contributed by atoms with Gasteiger partial charge in [-0.3, -0.25) is 29.0 Å². The summed E-state index contributed by atoms with van der Waals surface area (Å²) in [6, 6.07) is 16.4. The van der Waals surface area contributed by atoms with Crippen LogP contribution in [0.25, 0.3) is 17.1 Å². The van der Waals surface area contributed by atoms with Gasteiger partial charge in [-0.2, -0.15) is 5.10 Å². The molecule has 0 spiro atoms. The summed E-state index contributed by atoms with van der Waals surface area (Å²) >= 11 is 0. The molecule has 1 unspecified atom stereocenters. The van der Waals surface area contributed by atoms with Crippen LogP contribution in [0.3, 0.4) is 0 Å². The van der Waals surface area contributed by atoms with Crippen LogP contribution in [0.4, 0.5) is 4.79 Å². The molecule has 6 N–H and O–H groups in total. The van der Waals surface area contributed by atoms with Gasteiger partial charge < -0.3 is 54.9 Å². The lowest BCUT2D eigenvalue weighted by Gasteiger charge is -2.41. The number of hydrogen-bond acceptors (Lipinski definition) is 17. The molecule has 6 rings (SSSR count). The van der Waals surface area contributed by atoms with Gasteiger partial charge in [0, 0.05) is 84.1 Å². The van der Waals surface area contributed by atoms with Gasteiger partial charge in [0.05, 0.1) is 60.0 Å². The van der Waals surface area contributed by atoms with E-state index in [-0.39, 0.29) is 76.5 Å². The van der Waals surface area contributed by atoms with E-state index in [2.05, 4.69) is 44.5 Å². The number of rotatable bonds is 33. The monoisotopic (exact) mass is 1330 g/mol. The van der Waals surface area contributed by atoms with Gasteiger partial charge in [-0.05, 0) is 105 Å². The molecule has 5 amide bonds. The highest BCUT2D eigenvalue weighted by Crippen LogP contribution is 2.40. The second kappa shape index (κ2) is 35.0. The Morgan fingerprint density at radius 1 is 0.817 bits per heavy atom. The number of aliphatic hydroxyl groups is 1. The molecule has 3 aromatic carbocycles. The quantitative estimate of drug-likeness (QED) is 0.0192. The van der Waals surface area contributed by atoms with Crippen LogP contribution in [-0.2, 0) is 39.9 Å². The summed E-state index contributed by atoms with van der Waals surface area (Å²) in [6.45, 7) is 29.3. The second-order valence-corrected chi connectivity index (χ2v) is 30.0. The topological polar surface area (TPSA) is 265 Å². The van der Waals surface area contributed by atoms with Gasteiger partial charge >= 0.3 is 11.8 Å². The molecule has 516 valence electrons. The number of aromatic amines is 1. The number of H-pyrrole nitrogens is 1. The summed E-state index contributed by atoms with van der Waals surface area (Å²) in [4.78, 5) is 93.5. The molecule has 3 heterocycles. The summed E-state index contributed by atoms with van der Waals surface area (Å²) in [6.07, 6.45) is -0.00456. The molecule has 4 aromatic rings. The van der Waals surface area contributed by atoms with Crippen molar-refractivity contribution < 1.29 is 53.5 Å². The van der Waals surface area contributed by atoms with Crippen LogP contribution in [0.1, 0.15) is 144 Å². The molecule has 0 radical (unpaired) electrons. The number of aliphatic hydroxyl groups excluding tert-OH is 1. The first-order chi connectivity index (χ1) is 44.0. The number of carbonyl (C=O) groups excluding carboxylic acids is 5. The van der Waals surface area contributed by atoms with E-state index in [4.69, 9.17) is 14.2 Å². The van der Waals surface area contributed by atoms with Crippen LogP contribution in [0.15, 0.2) is 71.5 Å². The molecule has 24 heteroatoms. The number of likely N-dealkylation sites (N-methyl/N-ethyl adjacent to an activating group) is 2. The summed E-state index contributed by atoms with van der Waals surface area (Å²) in [5.41, 5.74) is 2.94. The number of aromatic nitrogens is 3. The zero-order valence-electron chi connectivity index (χ0n) is 57.7. The minimum Gasteiger partial charge on any atom is -0.508 e. The van der Waals surface area contributed by atoms with Crippen LogP contribution < -0.4 is 16.3 Å². The van der Waals surface area contributed by atoms with Gasteiger partial charge in [0.2, 0.25) is 23.6 Å². The van der Waals surface area contributed by atoms with Gasteiger partial charge in [-0.1, -0.05) is 133 Å². The van der Waals surface area contributed by atoms with Crippen LogP contribution in [0.5, 0.6) is 11.5 Å². The van der Waals surface area contributed by atoms with E-state index >= 15 is 0 Å². The highest BCUT2D eigenvalue weighted by molar-refractivity contribution is 8.77. The van der Waals surface area contributed by atoms with Gasteiger partial charge in [0.25, 0.3) is 0 Å². The van der Waals surface area contributed by atoms with Crippen molar-refractivity contribution in [3.63, 3.8) is 0 Å². The molecular formula is C69H106N10O12S2. The number of nitrogens with one attached hydrogen (secondary N) is 3. The standard InChI is InChI=1S/C69H106N10O12S2/c1-17-45(8)60(56(89-15)40-57(82)78-30-21-24-53(78)62(90-16)46(9)64(84)70-47(10)61(83)49-22-19-18-20-23-49)74(13)66(86)58(43(4)5)71-65(85)59(44(6)7)75(14)68(88)91-36-37-92-93-69(11,12)29-31-76-32-34-77(35-33-76)41-48-25-27-50(28-26-48)79-63(72-73-67(79)87)52-38-51(42(2)3)54(80)39-55(52)81/h18-20,22-23,25-28,38-39,42-47,53,56,58-62,80-81,83H,17,21,24,29-37,40-41H2,1-16H3,(H,70,84)(H,71,85)(H,73,87)/t45-,46+,47+,53?,56+,58-,59-,60-,61+,62+/m0/s1. The number of piperazine rings is 1. The highest BCUT2D eigenvalue weighted by Gasteiger charge is 2.44. The summed E-state index contributed by atoms with van der Waals surface area (Å²) in [5, 5.41) is 44.8. The van der Waals surface area contributed by atoms with E-state index in [0.717, 1.165) is 51.3 Å². The van der Waals surface area contributed by atoms with Gasteiger partial charge in [-0.15, -0.1) is 0 Å². The molecule has 22 nitrogen and oxygen atoms in total. The average molecular weight is 1330 g/mol. The molecule has 2 saturated heterocycles. The predicted octanol–water partition coefficient (Wildman–Crippen LogP) is 8.82. The van der Waals surface area contributed by atoms with Gasteiger partial charge in [0.1, 0.15) is 30.2 Å². The maximum atomic E-state index is 14.8. The number of nitrogens with zero attached hydrogens (tertiary/aromatic N) is 7. The van der Waals surface area contributed by atoms with Crippen molar-refractivity contribution >= 4 is 51.3 Å². The van der Waals surface area contributed by atoms with Crippen molar-refractivity contribution in [2.45, 2.75) is 181 Å². The minimum atomic E-state index is -0.976. The van der Waals surface area contributed by atoms with Crippen LogP contribution in [0, 0.1) is 23.7 Å². The van der Waals surface area contributed by atoms with Crippen molar-refractivity contribution in [3.05, 3.63) is 93.9 Å². The third-order valence-corrected chi connectivity index (χ3v) is 21.8. The maximum absolute atomic E-state index is 14.8. The molecule has 2 aliphatic rings. The second-order valence-electron chi connectivity index (χ2n) is 26.9. The molecule has 0 saturated carbocycles. The molecule has 2 aliphatic heterocycles. The Morgan fingerprint density at radius 3 is 2.08 bits per heavy atom. The average Bonchev–Trinajstić information content (AvgIpc) is 1.73. The van der Waals surface area contributed by atoms with Gasteiger partial charge in [-0.25, -0.2) is 19.3 Å². The first-order valence-electron chi connectivity index (χ1n) is 33.0. The largest absolute Gasteiger partial charge is 0.508 e. The number of benzene rings is 3. The Labute approximate surface area is 559 Å². The lowest BCUT2D eigenvalue weighted by molar-refractivity contribution is -0.148. The maximum Gasteiger partial charge on any atom is 0.410 e. The number of ether oxygens (including phenoxy) is 3. The molecule has 0 aliphatic carbocycles. The molecule has 93 heavy (non-hydrogen) atoms. The minimum absolute atomic E-state index is 0.0130. The number of aromatic hydroxyl groups is 2. The van der Waals surface area contributed by atoms with E-state index in [1.807, 2.05) is 110 Å². The fourth-order valence-corrected chi connectivity index (χ4v) is 15.1. The number of phenols is 2. The van der Waals surface area contributed by atoms with Crippen molar-refractivity contribution in [2.75, 3.05) is 79.9 Å². The Bertz CT molecular complexity index is 3120. The molecule has 0 bridgehead atoms. The Hall–Kier alpha value is -6.15. The van der Waals surface area contributed by atoms with Crippen LogP contribution in [0.2, 0.25) is 0 Å². The van der Waals surface area contributed by atoms with Gasteiger partial charge in [0.15, 0.2) is 5.82 Å². The Balaban J connectivity index is 0.945. The van der Waals surface area contributed by atoms with E-state index in [9.17, 15) is 44.1 Å². The lowest BCUT2D eigenvalue weighted by Crippen LogP contribution is -2.60. The number of carbonyl (C=O) groups is 5. The van der Waals surface area contributed by atoms with Crippen molar-refractivity contribution in [2.24, 2.45) is 23.7 Å². The Kier molecular flexibility index (Phi) is 28.6. The predicted molar refractivity (Wildman–Crippen MR) is 367 cm³/mol. The first kappa shape index (κ1) is 75.9. The zero-order chi connectivity index (χ0) is 68.6. The highest BCUT2D eigenvalue weighted by atomic mass is 33.1. The fourth-order valence-electron chi connectivity index (χ4n) is 12.8. The number of amides is 5. The number of likely N-dealkylation sites (tertiary alicyclic amines) is 1. The summed E-state index contributed by atoms with van der Waals surface area (Å²) in [7, 11) is 9.70. The van der Waals surface area contributed by atoms with E-state index in [1.165, 1.54) is 29.8 Å². The molecule has 1 aromatic heterocycles. The Morgan fingerprint density at radius 2 is 1.47 bits per heavy atom. The third kappa shape index (κ3) is 20.0. The number of methoxy groups -OCH3 is 2. The first-order valence-corrected chi connectivity index (χ1v) is 35.3. The molecule has 10 atom stereocenters. The van der Waals surface area contributed by atoms with E-state index in [1.54, 1.807) is 65.4 Å². The normalized spacial score (nSPS) is 17.9. The zero-order valence-corrected chi connectivity index (χ0v) is 59.4. The summed E-state index contributed by atoms with van der Waals surface area (Å²) in [5.74, 6) is -2.20. The van der Waals surface area contributed by atoms with E-state index < -0.39 is 72.1 Å². The summed E-state index contributed by atoms with van der Waals surface area (Å²) < 4.78 is 19.2. The van der Waals surface area contributed by atoms with Crippen molar-refractivity contribution in [1.82, 2.24) is 49.9 Å². The SMILES string of the molecule is CC[C@H](C)[C@@H]([C@@H](CC(=O)N1CCCC1[C@H](OC)[C@@H](C)C(=O)N[C@H](C)[C@@H](O)c1ccccc1)OC)N(C)C(=O)[C@@H](NC(=O)[C@H](C(C)C)N(C)C(=O)OCCSSC(C)(C)CCN1CCN(Cc2ccc(-n3c(-c4cc(C(C)C)c(O)cc4O)n[nH]c3=O)cc2)CC1)C(C)C. The van der Waals surface area contributed by atoms with Crippen molar-refractivity contribution in [3.8, 4) is 28.6 Å². The third-order valence-electron chi connectivity index (χ3n) is 18.5. The number of hydrogen-bond donors (Lipinski definition) is 6. The lowest BCUT2D eigenvalue weighted by atomic mass is 9.89. The van der Waals surface area contributed by atoms with E-state index in [0.29, 0.717) is 53.9 Å². The smallest absolute Gasteiger partial charge is 0.410 e. The molecular weight excluding hydrogens is 1220 g/mol. The van der Waals surface area contributed by atoms with Crippen LogP contribution in [-0.4, -0.2) is 211 Å². The fraction of sp³-hybridized carbons (Fsp3) is 0.638. The number of phenolic OH excluding ortho intramolecular Hbond substituents is 2. The van der Waals surface area contributed by atoms with Crippen LogP contribution >= 0.6 is 21.6 Å². The van der Waals surface area contributed by atoms with Crippen molar-refractivity contribution in [1.29, 1.82) is 0 Å².